The number of fused-ring (bicyclic) bond motifs is 1. The molecule has 2 N–H and O–H groups in total. The SMILES string of the molecule is CNCC1CCCN(CC(=O)Nc2ccc3c(c2)CCC3)C1. The number of hydrogen-bond donors (Lipinski definition) is 2. The molecular weight excluding hydrogens is 274 g/mol. The molecule has 120 valence electrons. The van der Waals surface area contributed by atoms with E-state index in [0.717, 1.165) is 31.7 Å². The first-order valence-corrected chi connectivity index (χ1v) is 8.53. The average molecular weight is 301 g/mol. The van der Waals surface area contributed by atoms with E-state index in [2.05, 4.69) is 27.7 Å². The summed E-state index contributed by atoms with van der Waals surface area (Å²) in [5, 5.41) is 6.32. The highest BCUT2D eigenvalue weighted by atomic mass is 16.2. The molecule has 22 heavy (non-hydrogen) atoms. The maximum Gasteiger partial charge on any atom is 0.238 e. The van der Waals surface area contributed by atoms with E-state index in [1.165, 1.54) is 36.8 Å². The fourth-order valence-electron chi connectivity index (χ4n) is 3.80. The van der Waals surface area contributed by atoms with Crippen LogP contribution in [0.2, 0.25) is 0 Å². The van der Waals surface area contributed by atoms with Crippen LogP contribution in [0.5, 0.6) is 0 Å². The van der Waals surface area contributed by atoms with Gasteiger partial charge in [-0.15, -0.1) is 0 Å². The summed E-state index contributed by atoms with van der Waals surface area (Å²) in [6.07, 6.45) is 6.04. The van der Waals surface area contributed by atoms with E-state index < -0.39 is 0 Å². The molecule has 1 saturated heterocycles. The summed E-state index contributed by atoms with van der Waals surface area (Å²) >= 11 is 0. The van der Waals surface area contributed by atoms with E-state index in [4.69, 9.17) is 0 Å². The van der Waals surface area contributed by atoms with E-state index >= 15 is 0 Å². The number of aryl methyl sites for hydroxylation is 2. The molecule has 4 nitrogen and oxygen atoms in total. The van der Waals surface area contributed by atoms with Gasteiger partial charge in [0.2, 0.25) is 5.91 Å². The number of amides is 1. The largest absolute Gasteiger partial charge is 0.325 e. The van der Waals surface area contributed by atoms with E-state index in [9.17, 15) is 4.79 Å². The molecule has 1 aliphatic carbocycles. The van der Waals surface area contributed by atoms with Crippen LogP contribution in [0.1, 0.15) is 30.4 Å². The van der Waals surface area contributed by atoms with Gasteiger partial charge in [0.25, 0.3) is 0 Å². The molecule has 3 rings (SSSR count). The van der Waals surface area contributed by atoms with Gasteiger partial charge in [0.15, 0.2) is 0 Å². The molecule has 0 bridgehead atoms. The van der Waals surface area contributed by atoms with Gasteiger partial charge < -0.3 is 10.6 Å². The Bertz CT molecular complexity index is 527. The quantitative estimate of drug-likeness (QED) is 0.875. The van der Waals surface area contributed by atoms with Crippen LogP contribution in [0.4, 0.5) is 5.69 Å². The van der Waals surface area contributed by atoms with Crippen LogP contribution >= 0.6 is 0 Å². The number of piperidine rings is 1. The number of rotatable bonds is 5. The molecule has 0 saturated carbocycles. The van der Waals surface area contributed by atoms with Crippen LogP contribution in [-0.4, -0.2) is 44.0 Å². The molecule has 4 heteroatoms. The predicted octanol–water partition coefficient (Wildman–Crippen LogP) is 2.05. The van der Waals surface area contributed by atoms with Gasteiger partial charge in [0.05, 0.1) is 6.54 Å². The standard InChI is InChI=1S/C18H27N3O/c1-19-11-14-4-3-9-21(12-14)13-18(22)20-17-8-7-15-5-2-6-16(15)10-17/h7-8,10,14,19H,2-6,9,11-13H2,1H3,(H,20,22). The van der Waals surface area contributed by atoms with Crippen LogP contribution in [0.25, 0.3) is 0 Å². The maximum atomic E-state index is 12.3. The lowest BCUT2D eigenvalue weighted by molar-refractivity contribution is -0.117. The molecule has 1 aromatic rings. The van der Waals surface area contributed by atoms with E-state index in [1.807, 2.05) is 13.1 Å². The van der Waals surface area contributed by atoms with Crippen LogP contribution < -0.4 is 10.6 Å². The fraction of sp³-hybridized carbons (Fsp3) is 0.611. The molecule has 2 aliphatic rings. The van der Waals surface area contributed by atoms with Gasteiger partial charge in [0.1, 0.15) is 0 Å². The zero-order chi connectivity index (χ0) is 15.4. The van der Waals surface area contributed by atoms with Crippen LogP contribution in [-0.2, 0) is 17.6 Å². The molecule has 1 atom stereocenters. The Balaban J connectivity index is 1.52. The van der Waals surface area contributed by atoms with Crippen molar-refractivity contribution in [2.45, 2.75) is 32.1 Å². The summed E-state index contributed by atoms with van der Waals surface area (Å²) in [6, 6.07) is 6.37. The van der Waals surface area contributed by atoms with E-state index in [-0.39, 0.29) is 5.91 Å². The second kappa shape index (κ2) is 7.25. The number of benzene rings is 1. The molecule has 1 aliphatic heterocycles. The maximum absolute atomic E-state index is 12.3. The fourth-order valence-corrected chi connectivity index (χ4v) is 3.80. The third-order valence-corrected chi connectivity index (χ3v) is 4.85. The number of likely N-dealkylation sites (tertiary alicyclic amines) is 1. The van der Waals surface area contributed by atoms with Crippen molar-refractivity contribution in [1.29, 1.82) is 0 Å². The first-order chi connectivity index (χ1) is 10.7. The lowest BCUT2D eigenvalue weighted by atomic mass is 9.98. The summed E-state index contributed by atoms with van der Waals surface area (Å²) in [6.45, 7) is 3.62. The van der Waals surface area contributed by atoms with Crippen molar-refractivity contribution in [1.82, 2.24) is 10.2 Å². The zero-order valence-corrected chi connectivity index (χ0v) is 13.5. The van der Waals surface area contributed by atoms with Crippen molar-refractivity contribution < 1.29 is 4.79 Å². The van der Waals surface area contributed by atoms with E-state index in [1.54, 1.807) is 0 Å². The van der Waals surface area contributed by atoms with Gasteiger partial charge in [-0.3, -0.25) is 9.69 Å². The van der Waals surface area contributed by atoms with Crippen LogP contribution in [0, 0.1) is 5.92 Å². The molecule has 1 amide bonds. The topological polar surface area (TPSA) is 44.4 Å². The Morgan fingerprint density at radius 2 is 2.14 bits per heavy atom. The smallest absolute Gasteiger partial charge is 0.238 e. The van der Waals surface area contributed by atoms with Gasteiger partial charge in [0, 0.05) is 12.2 Å². The van der Waals surface area contributed by atoms with Crippen molar-refractivity contribution >= 4 is 11.6 Å². The lowest BCUT2D eigenvalue weighted by Crippen LogP contribution is -2.42. The van der Waals surface area contributed by atoms with Gasteiger partial charge in [-0.2, -0.15) is 0 Å². The van der Waals surface area contributed by atoms with Crippen molar-refractivity contribution in [2.75, 3.05) is 38.5 Å². The molecule has 1 unspecified atom stereocenters. The second-order valence-electron chi connectivity index (χ2n) is 6.69. The second-order valence-corrected chi connectivity index (χ2v) is 6.69. The third kappa shape index (κ3) is 3.87. The summed E-state index contributed by atoms with van der Waals surface area (Å²) in [5.74, 6) is 0.787. The van der Waals surface area contributed by atoms with Gasteiger partial charge in [-0.1, -0.05) is 6.07 Å². The van der Waals surface area contributed by atoms with E-state index in [0.29, 0.717) is 12.5 Å². The zero-order valence-electron chi connectivity index (χ0n) is 13.5. The van der Waals surface area contributed by atoms with Crippen molar-refractivity contribution in [2.24, 2.45) is 5.92 Å². The Hall–Kier alpha value is -1.39. The summed E-state index contributed by atoms with van der Waals surface area (Å²) in [5.41, 5.74) is 3.81. The molecule has 0 radical (unpaired) electrons. The number of anilines is 1. The Morgan fingerprint density at radius 1 is 1.27 bits per heavy atom. The number of hydrogen-bond acceptors (Lipinski definition) is 3. The first kappa shape index (κ1) is 15.5. The first-order valence-electron chi connectivity index (χ1n) is 8.53. The average Bonchev–Trinajstić information content (AvgIpc) is 2.95. The number of carbonyl (C=O) groups is 1. The summed E-state index contributed by atoms with van der Waals surface area (Å²) in [7, 11) is 2.00. The molecule has 1 aromatic carbocycles. The van der Waals surface area contributed by atoms with Crippen LogP contribution in [0.15, 0.2) is 18.2 Å². The van der Waals surface area contributed by atoms with Gasteiger partial charge >= 0.3 is 0 Å². The minimum absolute atomic E-state index is 0.114. The minimum Gasteiger partial charge on any atom is -0.325 e. The van der Waals surface area contributed by atoms with Crippen LogP contribution in [0.3, 0.4) is 0 Å². The highest BCUT2D eigenvalue weighted by molar-refractivity contribution is 5.92. The summed E-state index contributed by atoms with van der Waals surface area (Å²) in [4.78, 5) is 14.6. The molecule has 0 aromatic heterocycles. The molecule has 1 fully saturated rings. The number of carbonyl (C=O) groups excluding carboxylic acids is 1. The summed E-state index contributed by atoms with van der Waals surface area (Å²) < 4.78 is 0. The number of nitrogens with zero attached hydrogens (tertiary/aromatic N) is 1. The minimum atomic E-state index is 0.114. The third-order valence-electron chi connectivity index (χ3n) is 4.85. The predicted molar refractivity (Wildman–Crippen MR) is 90.2 cm³/mol. The van der Waals surface area contributed by atoms with Crippen molar-refractivity contribution in [3.8, 4) is 0 Å². The molecular formula is C18H27N3O. The number of nitrogens with one attached hydrogen (secondary N) is 2. The normalized spacial score (nSPS) is 21.6. The Kier molecular flexibility index (Phi) is 5.11. The molecule has 1 heterocycles. The molecule has 0 spiro atoms. The van der Waals surface area contributed by atoms with Crippen molar-refractivity contribution in [3.05, 3.63) is 29.3 Å². The monoisotopic (exact) mass is 301 g/mol. The Morgan fingerprint density at radius 3 is 3.00 bits per heavy atom. The highest BCUT2D eigenvalue weighted by Crippen LogP contribution is 2.25. The van der Waals surface area contributed by atoms with Gasteiger partial charge in [-0.25, -0.2) is 0 Å². The van der Waals surface area contributed by atoms with Gasteiger partial charge in [-0.05, 0) is 81.4 Å². The van der Waals surface area contributed by atoms with Crippen molar-refractivity contribution in [3.63, 3.8) is 0 Å². The highest BCUT2D eigenvalue weighted by Gasteiger charge is 2.21. The lowest BCUT2D eigenvalue weighted by Gasteiger charge is -2.32. The Labute approximate surface area is 133 Å².